The second-order valence-electron chi connectivity index (χ2n) is 1.84. The van der Waals surface area contributed by atoms with Gasteiger partial charge in [0.2, 0.25) is 0 Å². The lowest BCUT2D eigenvalue weighted by Gasteiger charge is -1.85. The zero-order valence-electron chi connectivity index (χ0n) is 5.02. The first kappa shape index (κ1) is 5.61. The van der Waals surface area contributed by atoms with Gasteiger partial charge in [-0.2, -0.15) is 0 Å². The molecule has 0 aliphatic heterocycles. The maximum atomic E-state index is 10.9. The molecule has 10 heavy (non-hydrogen) atoms. The molecule has 4 heteroatoms. The van der Waals surface area contributed by atoms with Gasteiger partial charge in [0.05, 0.1) is 0 Å². The highest BCUT2D eigenvalue weighted by atomic mass is 32.1. The van der Waals surface area contributed by atoms with E-state index >= 15 is 0 Å². The maximum Gasteiger partial charge on any atom is 0.352 e. The zero-order valence-corrected chi connectivity index (χ0v) is 5.84. The molecule has 0 amide bonds. The first-order valence-corrected chi connectivity index (χ1v) is 3.67. The predicted molar refractivity (Wildman–Crippen MR) is 39.3 cm³/mol. The molecule has 0 aliphatic rings. The van der Waals surface area contributed by atoms with Crippen LogP contribution in [0.3, 0.4) is 0 Å². The van der Waals surface area contributed by atoms with Gasteiger partial charge < -0.3 is 0 Å². The third-order valence-corrected chi connectivity index (χ3v) is 2.08. The van der Waals surface area contributed by atoms with Crippen molar-refractivity contribution in [3.63, 3.8) is 0 Å². The van der Waals surface area contributed by atoms with Crippen LogP contribution in [0.15, 0.2) is 28.6 Å². The minimum absolute atomic E-state index is 0.209. The Morgan fingerprint density at radius 2 is 2.50 bits per heavy atom. The van der Waals surface area contributed by atoms with Crippen molar-refractivity contribution in [2.75, 3.05) is 0 Å². The third kappa shape index (κ3) is 0.657. The highest BCUT2D eigenvalue weighted by molar-refractivity contribution is 7.15. The molecule has 0 aliphatic carbocycles. The summed E-state index contributed by atoms with van der Waals surface area (Å²) >= 11 is 1.52. The molecule has 0 N–H and O–H groups in total. The molecule has 2 heterocycles. The van der Waals surface area contributed by atoms with E-state index in [2.05, 4.69) is 4.98 Å². The summed E-state index contributed by atoms with van der Waals surface area (Å²) < 4.78 is 1.52. The van der Waals surface area contributed by atoms with Crippen LogP contribution < -0.4 is 5.69 Å². The van der Waals surface area contributed by atoms with Gasteiger partial charge in [-0.05, 0) is 6.07 Å². The van der Waals surface area contributed by atoms with Gasteiger partial charge in [0.1, 0.15) is 4.83 Å². The highest BCUT2D eigenvalue weighted by Gasteiger charge is 1.93. The van der Waals surface area contributed by atoms with Gasteiger partial charge in [-0.15, -0.1) is 11.3 Å². The highest BCUT2D eigenvalue weighted by Crippen LogP contribution is 2.05. The van der Waals surface area contributed by atoms with Gasteiger partial charge in [-0.3, -0.25) is 4.40 Å². The number of hydrogen-bond acceptors (Lipinski definition) is 3. The van der Waals surface area contributed by atoms with Crippen LogP contribution in [0.2, 0.25) is 0 Å². The van der Waals surface area contributed by atoms with Crippen LogP contribution in [0, 0.1) is 0 Å². The molecule has 2 rings (SSSR count). The first-order chi connectivity index (χ1) is 4.88. The molecule has 0 radical (unpaired) electrons. The molecular weight excluding hydrogens is 148 g/mol. The molecule has 2 aromatic heterocycles. The molecular formula is C6H4N2OS. The summed E-state index contributed by atoms with van der Waals surface area (Å²) in [7, 11) is 0. The number of nitrogens with zero attached hydrogens (tertiary/aromatic N) is 2. The average molecular weight is 152 g/mol. The van der Waals surface area contributed by atoms with E-state index in [-0.39, 0.29) is 5.69 Å². The second kappa shape index (κ2) is 1.91. The van der Waals surface area contributed by atoms with Crippen LogP contribution in [-0.4, -0.2) is 9.38 Å². The fraction of sp³-hybridized carbons (Fsp3) is 0. The lowest BCUT2D eigenvalue weighted by Crippen LogP contribution is -2.12. The van der Waals surface area contributed by atoms with E-state index in [9.17, 15) is 4.79 Å². The Balaban J connectivity index is 3.09. The van der Waals surface area contributed by atoms with Gasteiger partial charge in [-0.25, -0.2) is 9.78 Å². The maximum absolute atomic E-state index is 10.9. The summed E-state index contributed by atoms with van der Waals surface area (Å²) in [4.78, 5) is 15.4. The Labute approximate surface area is 60.6 Å². The average Bonchev–Trinajstić information content (AvgIpc) is 2.36. The lowest BCUT2D eigenvalue weighted by molar-refractivity contribution is 1.01. The van der Waals surface area contributed by atoms with E-state index in [1.54, 1.807) is 6.20 Å². The first-order valence-electron chi connectivity index (χ1n) is 2.79. The molecule has 0 fully saturated rings. The van der Waals surface area contributed by atoms with Crippen LogP contribution >= 0.6 is 11.3 Å². The van der Waals surface area contributed by atoms with Crippen LogP contribution in [-0.2, 0) is 0 Å². The molecule has 0 atom stereocenters. The Hall–Kier alpha value is -1.16. The Morgan fingerprint density at radius 1 is 1.60 bits per heavy atom. The van der Waals surface area contributed by atoms with E-state index < -0.39 is 0 Å². The minimum atomic E-state index is -0.209. The molecule has 3 nitrogen and oxygen atoms in total. The van der Waals surface area contributed by atoms with Crippen molar-refractivity contribution in [2.24, 2.45) is 0 Å². The predicted octanol–water partition coefficient (Wildman–Crippen LogP) is 0.756. The van der Waals surface area contributed by atoms with Crippen molar-refractivity contribution in [1.82, 2.24) is 9.38 Å². The van der Waals surface area contributed by atoms with Gasteiger partial charge in [0, 0.05) is 17.8 Å². The standard InChI is InChI=1S/C6H4N2OS/c9-6-7-2-1-5-8(6)3-4-10-5/h1-4H. The molecule has 0 unspecified atom stereocenters. The summed E-state index contributed by atoms with van der Waals surface area (Å²) in [6.07, 6.45) is 3.24. The summed E-state index contributed by atoms with van der Waals surface area (Å²) in [5.41, 5.74) is -0.209. The van der Waals surface area contributed by atoms with Gasteiger partial charge in [0.25, 0.3) is 0 Å². The number of thiazole rings is 1. The third-order valence-electron chi connectivity index (χ3n) is 1.24. The number of aromatic nitrogens is 2. The largest absolute Gasteiger partial charge is 0.352 e. The van der Waals surface area contributed by atoms with Crippen molar-refractivity contribution >= 4 is 16.2 Å². The zero-order chi connectivity index (χ0) is 6.97. The van der Waals surface area contributed by atoms with Crippen LogP contribution in [0.1, 0.15) is 0 Å². The summed E-state index contributed by atoms with van der Waals surface area (Å²) in [6.45, 7) is 0. The van der Waals surface area contributed by atoms with Gasteiger partial charge >= 0.3 is 5.69 Å². The molecule has 0 bridgehead atoms. The van der Waals surface area contributed by atoms with E-state index in [1.807, 2.05) is 11.4 Å². The van der Waals surface area contributed by atoms with Crippen molar-refractivity contribution < 1.29 is 0 Å². The van der Waals surface area contributed by atoms with Crippen LogP contribution in [0.4, 0.5) is 0 Å². The van der Waals surface area contributed by atoms with Gasteiger partial charge in [-0.1, -0.05) is 0 Å². The van der Waals surface area contributed by atoms with E-state index in [0.29, 0.717) is 0 Å². The molecule has 0 saturated heterocycles. The van der Waals surface area contributed by atoms with E-state index in [4.69, 9.17) is 0 Å². The number of rotatable bonds is 0. The van der Waals surface area contributed by atoms with E-state index in [1.165, 1.54) is 21.9 Å². The fourth-order valence-corrected chi connectivity index (χ4v) is 1.51. The van der Waals surface area contributed by atoms with Crippen LogP contribution in [0.25, 0.3) is 4.83 Å². The van der Waals surface area contributed by atoms with Gasteiger partial charge in [0.15, 0.2) is 0 Å². The minimum Gasteiger partial charge on any atom is -0.258 e. The van der Waals surface area contributed by atoms with E-state index in [0.717, 1.165) is 4.83 Å². The second-order valence-corrected chi connectivity index (χ2v) is 2.76. The Kier molecular flexibility index (Phi) is 1.07. The van der Waals surface area contributed by atoms with Crippen molar-refractivity contribution in [2.45, 2.75) is 0 Å². The van der Waals surface area contributed by atoms with Crippen molar-refractivity contribution in [1.29, 1.82) is 0 Å². The summed E-state index contributed by atoms with van der Waals surface area (Å²) in [6, 6.07) is 1.81. The topological polar surface area (TPSA) is 34.4 Å². The van der Waals surface area contributed by atoms with Crippen LogP contribution in [0.5, 0.6) is 0 Å². The SMILES string of the molecule is O=c1nccc2sccn12. The molecule has 0 aromatic carbocycles. The number of fused-ring (bicyclic) bond motifs is 1. The molecule has 50 valence electrons. The normalized spacial score (nSPS) is 10.4. The fourth-order valence-electron chi connectivity index (χ4n) is 0.796. The lowest BCUT2D eigenvalue weighted by atomic mass is 10.7. The Bertz CT molecular complexity index is 403. The number of hydrogen-bond donors (Lipinski definition) is 0. The smallest absolute Gasteiger partial charge is 0.258 e. The van der Waals surface area contributed by atoms with Crippen molar-refractivity contribution in [3.8, 4) is 0 Å². The van der Waals surface area contributed by atoms with Crippen molar-refractivity contribution in [3.05, 3.63) is 34.3 Å². The molecule has 0 spiro atoms. The summed E-state index contributed by atoms with van der Waals surface area (Å²) in [5, 5.41) is 1.86. The molecule has 2 aromatic rings. The summed E-state index contributed by atoms with van der Waals surface area (Å²) in [5.74, 6) is 0. The quantitative estimate of drug-likeness (QED) is 0.558. The monoisotopic (exact) mass is 152 g/mol. The Morgan fingerprint density at radius 3 is 3.30 bits per heavy atom. The molecule has 0 saturated carbocycles.